The van der Waals surface area contributed by atoms with E-state index in [2.05, 4.69) is 0 Å². The van der Waals surface area contributed by atoms with Crippen molar-refractivity contribution in [3.63, 3.8) is 0 Å². The van der Waals surface area contributed by atoms with Crippen LogP contribution in [-0.2, 0) is 9.59 Å². The molecular weight excluding hydrogens is 486 g/mol. The van der Waals surface area contributed by atoms with Gasteiger partial charge in [-0.05, 0) is 72.3 Å². The summed E-state index contributed by atoms with van der Waals surface area (Å²) >= 11 is 0. The van der Waals surface area contributed by atoms with Crippen molar-refractivity contribution >= 4 is 23.1 Å². The first-order chi connectivity index (χ1) is 18.5. The number of fused-ring (bicyclic) bond motifs is 1. The quantitative estimate of drug-likeness (QED) is 0.208. The highest BCUT2D eigenvalue weighted by Gasteiger charge is 2.47. The Morgan fingerprint density at radius 3 is 2.24 bits per heavy atom. The predicted molar refractivity (Wildman–Crippen MR) is 138 cm³/mol. The Hall–Kier alpha value is -5.24. The maximum atomic E-state index is 13.4. The van der Waals surface area contributed by atoms with Crippen LogP contribution in [0.1, 0.15) is 17.2 Å². The fraction of sp³-hybridized carbons (Fsp3) is 0.0667. The standard InChI is InChI=1S/C30H21NO7/c32-21-11-6-18(7-12-21)27-26(28(33)19-8-15-24-25(16-19)37-17-36-24)29(34)30(35)31(27)20-9-13-23(14-10-20)38-22-4-2-1-3-5-22/h1-16,27,32-33H,17H2/b28-26-. The minimum absolute atomic E-state index is 0.0314. The van der Waals surface area contributed by atoms with Crippen LogP contribution in [0.4, 0.5) is 5.69 Å². The van der Waals surface area contributed by atoms with Gasteiger partial charge in [0.1, 0.15) is 23.0 Å². The normalized spacial score (nSPS) is 17.6. The Morgan fingerprint density at radius 1 is 0.816 bits per heavy atom. The molecule has 8 heteroatoms. The Balaban J connectivity index is 1.43. The molecule has 0 saturated carbocycles. The highest BCUT2D eigenvalue weighted by Crippen LogP contribution is 2.44. The summed E-state index contributed by atoms with van der Waals surface area (Å²) in [6.07, 6.45) is 0. The second kappa shape index (κ2) is 9.33. The largest absolute Gasteiger partial charge is 0.508 e. The van der Waals surface area contributed by atoms with E-state index in [1.165, 1.54) is 17.0 Å². The number of carbonyl (C=O) groups is 2. The van der Waals surface area contributed by atoms with Crippen molar-refractivity contribution in [2.75, 3.05) is 11.7 Å². The van der Waals surface area contributed by atoms with Gasteiger partial charge in [0.15, 0.2) is 11.5 Å². The van der Waals surface area contributed by atoms with Gasteiger partial charge in [0.25, 0.3) is 11.7 Å². The molecule has 6 rings (SSSR count). The summed E-state index contributed by atoms with van der Waals surface area (Å²) < 4.78 is 16.6. The van der Waals surface area contributed by atoms with E-state index in [0.717, 1.165) is 0 Å². The number of hydrogen-bond donors (Lipinski definition) is 2. The molecule has 0 bridgehead atoms. The topological polar surface area (TPSA) is 106 Å². The van der Waals surface area contributed by atoms with Gasteiger partial charge in [0.2, 0.25) is 6.79 Å². The lowest BCUT2D eigenvalue weighted by Gasteiger charge is -2.25. The SMILES string of the molecule is O=C1C(=O)N(c2ccc(Oc3ccccc3)cc2)C(c2ccc(O)cc2)/C1=C(/O)c1ccc2c(c1)OCO2. The molecule has 188 valence electrons. The van der Waals surface area contributed by atoms with Crippen LogP contribution >= 0.6 is 0 Å². The number of hydrogen-bond acceptors (Lipinski definition) is 7. The molecule has 2 aliphatic rings. The van der Waals surface area contributed by atoms with Gasteiger partial charge in [-0.2, -0.15) is 0 Å². The first-order valence-corrected chi connectivity index (χ1v) is 11.8. The van der Waals surface area contributed by atoms with Gasteiger partial charge in [-0.25, -0.2) is 0 Å². The van der Waals surface area contributed by atoms with Crippen LogP contribution in [0.15, 0.2) is 103 Å². The molecule has 0 radical (unpaired) electrons. The summed E-state index contributed by atoms with van der Waals surface area (Å²) in [5.41, 5.74) is 1.20. The van der Waals surface area contributed by atoms with Crippen LogP contribution in [-0.4, -0.2) is 28.7 Å². The molecule has 2 heterocycles. The number of amides is 1. The van der Waals surface area contributed by atoms with E-state index in [9.17, 15) is 19.8 Å². The molecule has 0 aliphatic carbocycles. The van der Waals surface area contributed by atoms with Crippen LogP contribution in [0, 0.1) is 0 Å². The van der Waals surface area contributed by atoms with Crippen LogP contribution in [0.25, 0.3) is 5.76 Å². The molecule has 1 unspecified atom stereocenters. The summed E-state index contributed by atoms with van der Waals surface area (Å²) in [7, 11) is 0. The van der Waals surface area contributed by atoms with Gasteiger partial charge in [-0.1, -0.05) is 30.3 Å². The number of para-hydroxylation sites is 1. The molecule has 4 aromatic carbocycles. The third kappa shape index (κ3) is 4.08. The fourth-order valence-electron chi connectivity index (χ4n) is 4.57. The summed E-state index contributed by atoms with van der Waals surface area (Å²) in [5.74, 6) is 0.236. The maximum absolute atomic E-state index is 13.4. The second-order valence-corrected chi connectivity index (χ2v) is 8.74. The Labute approximate surface area is 217 Å². The molecule has 38 heavy (non-hydrogen) atoms. The highest BCUT2D eigenvalue weighted by molar-refractivity contribution is 6.51. The van der Waals surface area contributed by atoms with Crippen LogP contribution < -0.4 is 19.1 Å². The molecule has 2 N–H and O–H groups in total. The number of Topliss-reactive ketones (excluding diaryl/α,β-unsaturated/α-hetero) is 1. The smallest absolute Gasteiger partial charge is 0.300 e. The summed E-state index contributed by atoms with van der Waals surface area (Å²) in [6, 6.07) is 26.0. The molecular formula is C30H21NO7. The Kier molecular flexibility index (Phi) is 5.69. The van der Waals surface area contributed by atoms with Crippen molar-refractivity contribution in [1.29, 1.82) is 0 Å². The van der Waals surface area contributed by atoms with E-state index < -0.39 is 17.7 Å². The molecule has 1 fully saturated rings. The minimum Gasteiger partial charge on any atom is -0.508 e. The average Bonchev–Trinajstić information content (AvgIpc) is 3.52. The zero-order valence-corrected chi connectivity index (χ0v) is 19.9. The third-order valence-corrected chi connectivity index (χ3v) is 6.39. The lowest BCUT2D eigenvalue weighted by Crippen LogP contribution is -2.29. The molecule has 1 amide bonds. The summed E-state index contributed by atoms with van der Waals surface area (Å²) in [5, 5.41) is 21.1. The second-order valence-electron chi connectivity index (χ2n) is 8.74. The number of anilines is 1. The number of aromatic hydroxyl groups is 1. The molecule has 1 atom stereocenters. The number of phenolic OH excluding ortho intramolecular Hbond substituents is 1. The van der Waals surface area contributed by atoms with Gasteiger partial charge in [-0.3, -0.25) is 14.5 Å². The monoisotopic (exact) mass is 507 g/mol. The van der Waals surface area contributed by atoms with E-state index in [0.29, 0.717) is 39.8 Å². The van der Waals surface area contributed by atoms with Gasteiger partial charge in [-0.15, -0.1) is 0 Å². The molecule has 1 saturated heterocycles. The van der Waals surface area contributed by atoms with Gasteiger partial charge in [0, 0.05) is 11.3 Å². The lowest BCUT2D eigenvalue weighted by molar-refractivity contribution is -0.132. The summed E-state index contributed by atoms with van der Waals surface area (Å²) in [4.78, 5) is 28.1. The van der Waals surface area contributed by atoms with Crippen LogP contribution in [0.3, 0.4) is 0 Å². The number of aliphatic hydroxyl groups excluding tert-OH is 1. The first-order valence-electron chi connectivity index (χ1n) is 11.8. The van der Waals surface area contributed by atoms with Crippen molar-refractivity contribution in [3.8, 4) is 28.7 Å². The zero-order chi connectivity index (χ0) is 26.2. The lowest BCUT2D eigenvalue weighted by atomic mass is 9.95. The van der Waals surface area contributed by atoms with Crippen molar-refractivity contribution in [3.05, 3.63) is 114 Å². The van der Waals surface area contributed by atoms with Crippen molar-refractivity contribution in [1.82, 2.24) is 0 Å². The van der Waals surface area contributed by atoms with Gasteiger partial charge in [0.05, 0.1) is 11.6 Å². The highest BCUT2D eigenvalue weighted by atomic mass is 16.7. The summed E-state index contributed by atoms with van der Waals surface area (Å²) in [6.45, 7) is 0.0570. The number of ketones is 1. The van der Waals surface area contributed by atoms with Crippen molar-refractivity contribution < 1.29 is 34.0 Å². The molecule has 4 aromatic rings. The molecule has 8 nitrogen and oxygen atoms in total. The van der Waals surface area contributed by atoms with E-state index in [-0.39, 0.29) is 23.9 Å². The van der Waals surface area contributed by atoms with Crippen molar-refractivity contribution in [2.24, 2.45) is 0 Å². The Morgan fingerprint density at radius 2 is 1.50 bits per heavy atom. The van der Waals surface area contributed by atoms with Gasteiger partial charge < -0.3 is 24.4 Å². The maximum Gasteiger partial charge on any atom is 0.300 e. The molecule has 0 aromatic heterocycles. The van der Waals surface area contributed by atoms with Crippen molar-refractivity contribution in [2.45, 2.75) is 6.04 Å². The predicted octanol–water partition coefficient (Wildman–Crippen LogP) is 5.54. The van der Waals surface area contributed by atoms with Crippen LogP contribution in [0.2, 0.25) is 0 Å². The fourth-order valence-corrected chi connectivity index (χ4v) is 4.57. The minimum atomic E-state index is -0.943. The van der Waals surface area contributed by atoms with Gasteiger partial charge >= 0.3 is 0 Å². The number of rotatable bonds is 5. The number of benzene rings is 4. The zero-order valence-electron chi connectivity index (χ0n) is 19.9. The number of nitrogens with zero attached hydrogens (tertiary/aromatic N) is 1. The van der Waals surface area contributed by atoms with Crippen LogP contribution in [0.5, 0.6) is 28.7 Å². The molecule has 0 spiro atoms. The van der Waals surface area contributed by atoms with E-state index in [1.54, 1.807) is 54.6 Å². The van der Waals surface area contributed by atoms with E-state index >= 15 is 0 Å². The van der Waals surface area contributed by atoms with E-state index in [4.69, 9.17) is 14.2 Å². The van der Waals surface area contributed by atoms with E-state index in [1.807, 2.05) is 30.3 Å². The number of aliphatic hydroxyl groups is 1. The number of carbonyl (C=O) groups excluding carboxylic acids is 2. The first kappa shape index (κ1) is 23.2. The number of phenols is 1. The average molecular weight is 507 g/mol. The molecule has 2 aliphatic heterocycles. The Bertz CT molecular complexity index is 1560. The number of ether oxygens (including phenoxy) is 3. The third-order valence-electron chi connectivity index (χ3n) is 6.39.